The zero-order valence-corrected chi connectivity index (χ0v) is 11.6. The molecule has 0 bridgehead atoms. The van der Waals surface area contributed by atoms with Gasteiger partial charge in [-0.15, -0.1) is 0 Å². The van der Waals surface area contributed by atoms with Crippen molar-refractivity contribution in [2.24, 2.45) is 17.1 Å². The monoisotopic (exact) mass is 240 g/mol. The van der Waals surface area contributed by atoms with E-state index in [2.05, 4.69) is 26.1 Å². The van der Waals surface area contributed by atoms with Crippen LogP contribution in [0.3, 0.4) is 0 Å². The summed E-state index contributed by atoms with van der Waals surface area (Å²) < 4.78 is 0. The van der Waals surface area contributed by atoms with Gasteiger partial charge in [-0.2, -0.15) is 0 Å². The van der Waals surface area contributed by atoms with Gasteiger partial charge in [0.1, 0.15) is 0 Å². The summed E-state index contributed by atoms with van der Waals surface area (Å²) in [5.74, 6) is 0.667. The number of hydrogen-bond donors (Lipinski definition) is 2. The van der Waals surface area contributed by atoms with E-state index in [4.69, 9.17) is 5.73 Å². The van der Waals surface area contributed by atoms with Crippen molar-refractivity contribution in [1.29, 1.82) is 0 Å². The van der Waals surface area contributed by atoms with Crippen LogP contribution in [0.15, 0.2) is 0 Å². The molecule has 3 nitrogen and oxygen atoms in total. The Hall–Kier alpha value is -0.570. The molecule has 3 heteroatoms. The third-order valence-electron chi connectivity index (χ3n) is 3.63. The molecule has 1 amide bonds. The highest BCUT2D eigenvalue weighted by Crippen LogP contribution is 2.23. The van der Waals surface area contributed by atoms with Gasteiger partial charge in [-0.05, 0) is 30.6 Å². The fourth-order valence-corrected chi connectivity index (χ4v) is 2.31. The molecule has 1 saturated carbocycles. The number of rotatable bonds is 4. The number of carbonyl (C=O) groups is 1. The smallest absolute Gasteiger partial charge is 0.220 e. The summed E-state index contributed by atoms with van der Waals surface area (Å²) in [6, 6.07) is 0.284. The summed E-state index contributed by atoms with van der Waals surface area (Å²) in [6.07, 6.45) is 6.36. The van der Waals surface area contributed by atoms with Crippen molar-refractivity contribution in [2.45, 2.75) is 65.3 Å². The summed E-state index contributed by atoms with van der Waals surface area (Å²) in [6.45, 7) is 7.26. The van der Waals surface area contributed by atoms with Crippen LogP contribution in [0.25, 0.3) is 0 Å². The predicted octanol–water partition coefficient (Wildman–Crippen LogP) is 2.45. The summed E-state index contributed by atoms with van der Waals surface area (Å²) in [5.41, 5.74) is 6.29. The van der Waals surface area contributed by atoms with Crippen LogP contribution in [0.1, 0.15) is 59.3 Å². The molecule has 100 valence electrons. The molecule has 0 aromatic carbocycles. The number of nitrogens with one attached hydrogen (secondary N) is 1. The Labute approximate surface area is 106 Å². The molecule has 0 heterocycles. The van der Waals surface area contributed by atoms with Gasteiger partial charge in [-0.25, -0.2) is 0 Å². The van der Waals surface area contributed by atoms with E-state index in [-0.39, 0.29) is 17.4 Å². The predicted molar refractivity (Wildman–Crippen MR) is 71.6 cm³/mol. The van der Waals surface area contributed by atoms with Crippen LogP contribution in [-0.2, 0) is 4.79 Å². The number of carbonyl (C=O) groups excluding carboxylic acids is 1. The van der Waals surface area contributed by atoms with E-state index < -0.39 is 0 Å². The van der Waals surface area contributed by atoms with Crippen molar-refractivity contribution >= 4 is 5.91 Å². The third-order valence-corrected chi connectivity index (χ3v) is 3.63. The van der Waals surface area contributed by atoms with Crippen LogP contribution in [0.5, 0.6) is 0 Å². The van der Waals surface area contributed by atoms with Gasteiger partial charge in [0.2, 0.25) is 5.91 Å². The van der Waals surface area contributed by atoms with E-state index >= 15 is 0 Å². The fraction of sp³-hybridized carbons (Fsp3) is 0.929. The molecular formula is C14H28N2O. The van der Waals surface area contributed by atoms with Crippen LogP contribution in [0.4, 0.5) is 0 Å². The largest absolute Gasteiger partial charge is 0.356 e. The van der Waals surface area contributed by atoms with Gasteiger partial charge in [0.25, 0.3) is 0 Å². The van der Waals surface area contributed by atoms with E-state index in [1.807, 2.05) is 0 Å². The lowest BCUT2D eigenvalue weighted by Gasteiger charge is -2.28. The Kier molecular flexibility index (Phi) is 5.44. The molecular weight excluding hydrogens is 212 g/mol. The summed E-state index contributed by atoms with van der Waals surface area (Å²) in [5, 5.41) is 3.04. The summed E-state index contributed by atoms with van der Waals surface area (Å²) in [7, 11) is 0. The minimum atomic E-state index is 0.178. The molecule has 1 aliphatic rings. The van der Waals surface area contributed by atoms with E-state index in [0.717, 1.165) is 19.4 Å². The SMILES string of the molecule is CC(C)(C)CCC(=O)NCC1CCCCC1N. The zero-order valence-electron chi connectivity index (χ0n) is 11.6. The van der Waals surface area contributed by atoms with Crippen LogP contribution >= 0.6 is 0 Å². The minimum Gasteiger partial charge on any atom is -0.356 e. The number of nitrogens with two attached hydrogens (primary N) is 1. The van der Waals surface area contributed by atoms with Gasteiger partial charge in [0.15, 0.2) is 0 Å². The Balaban J connectivity index is 2.19. The van der Waals surface area contributed by atoms with Crippen molar-refractivity contribution in [3.8, 4) is 0 Å². The first-order valence-electron chi connectivity index (χ1n) is 6.91. The van der Waals surface area contributed by atoms with Crippen molar-refractivity contribution < 1.29 is 4.79 Å². The van der Waals surface area contributed by atoms with Crippen molar-refractivity contribution in [3.05, 3.63) is 0 Å². The van der Waals surface area contributed by atoms with E-state index in [1.54, 1.807) is 0 Å². The topological polar surface area (TPSA) is 55.1 Å². The van der Waals surface area contributed by atoms with E-state index in [1.165, 1.54) is 19.3 Å². The quantitative estimate of drug-likeness (QED) is 0.793. The molecule has 0 radical (unpaired) electrons. The Morgan fingerprint density at radius 1 is 1.29 bits per heavy atom. The second-order valence-corrected chi connectivity index (χ2v) is 6.57. The fourth-order valence-electron chi connectivity index (χ4n) is 2.31. The van der Waals surface area contributed by atoms with Gasteiger partial charge in [0.05, 0.1) is 0 Å². The molecule has 0 aliphatic heterocycles. The zero-order chi connectivity index (χ0) is 12.9. The maximum absolute atomic E-state index is 11.7. The highest BCUT2D eigenvalue weighted by molar-refractivity contribution is 5.75. The Bertz CT molecular complexity index is 245. The van der Waals surface area contributed by atoms with E-state index in [9.17, 15) is 4.79 Å². The highest BCUT2D eigenvalue weighted by atomic mass is 16.1. The lowest BCUT2D eigenvalue weighted by molar-refractivity contribution is -0.121. The van der Waals surface area contributed by atoms with Crippen molar-refractivity contribution in [3.63, 3.8) is 0 Å². The van der Waals surface area contributed by atoms with E-state index in [0.29, 0.717) is 12.3 Å². The van der Waals surface area contributed by atoms with Crippen molar-refractivity contribution in [2.75, 3.05) is 6.54 Å². The highest BCUT2D eigenvalue weighted by Gasteiger charge is 2.22. The first-order chi connectivity index (χ1) is 7.88. The van der Waals surface area contributed by atoms with Gasteiger partial charge >= 0.3 is 0 Å². The van der Waals surface area contributed by atoms with Gasteiger partial charge < -0.3 is 11.1 Å². The average molecular weight is 240 g/mol. The maximum Gasteiger partial charge on any atom is 0.220 e. The first-order valence-corrected chi connectivity index (χ1v) is 6.91. The summed E-state index contributed by atoms with van der Waals surface area (Å²) in [4.78, 5) is 11.7. The molecule has 1 fully saturated rings. The summed E-state index contributed by atoms with van der Waals surface area (Å²) >= 11 is 0. The lowest BCUT2D eigenvalue weighted by Crippen LogP contribution is -2.41. The molecule has 0 aromatic heterocycles. The second kappa shape index (κ2) is 6.39. The molecule has 0 saturated heterocycles. The molecule has 0 aromatic rings. The minimum absolute atomic E-state index is 0.178. The lowest BCUT2D eigenvalue weighted by atomic mass is 9.85. The first kappa shape index (κ1) is 14.5. The molecule has 1 rings (SSSR count). The molecule has 2 atom stereocenters. The Morgan fingerprint density at radius 3 is 2.53 bits per heavy atom. The Morgan fingerprint density at radius 2 is 1.94 bits per heavy atom. The standard InChI is InChI=1S/C14H28N2O/c1-14(2,3)9-8-13(17)16-10-11-6-4-5-7-12(11)15/h11-12H,4-10,15H2,1-3H3,(H,16,17). The van der Waals surface area contributed by atoms with Gasteiger partial charge in [-0.3, -0.25) is 4.79 Å². The average Bonchev–Trinajstić information content (AvgIpc) is 2.24. The normalized spacial score (nSPS) is 25.6. The van der Waals surface area contributed by atoms with Crippen molar-refractivity contribution in [1.82, 2.24) is 5.32 Å². The number of hydrogen-bond acceptors (Lipinski definition) is 2. The number of amides is 1. The van der Waals surface area contributed by atoms with Gasteiger partial charge in [-0.1, -0.05) is 33.6 Å². The maximum atomic E-state index is 11.7. The second-order valence-electron chi connectivity index (χ2n) is 6.57. The molecule has 17 heavy (non-hydrogen) atoms. The van der Waals surface area contributed by atoms with Crippen LogP contribution in [0.2, 0.25) is 0 Å². The van der Waals surface area contributed by atoms with Crippen LogP contribution < -0.4 is 11.1 Å². The molecule has 2 unspecified atom stereocenters. The van der Waals surface area contributed by atoms with Crippen LogP contribution in [0, 0.1) is 11.3 Å². The molecule has 1 aliphatic carbocycles. The van der Waals surface area contributed by atoms with Gasteiger partial charge in [0, 0.05) is 19.0 Å². The molecule has 0 spiro atoms. The molecule has 3 N–H and O–H groups in total. The third kappa shape index (κ3) is 6.06. The van der Waals surface area contributed by atoms with Crippen LogP contribution in [-0.4, -0.2) is 18.5 Å².